The summed E-state index contributed by atoms with van der Waals surface area (Å²) in [5, 5.41) is 20.8. The lowest BCUT2D eigenvalue weighted by molar-refractivity contribution is -0.143. The number of carboxylic acids is 1. The van der Waals surface area contributed by atoms with E-state index in [-0.39, 0.29) is 50.9 Å². The van der Waals surface area contributed by atoms with Crippen molar-refractivity contribution in [2.45, 2.75) is 71.1 Å². The molecule has 2 aliphatic heterocycles. The van der Waals surface area contributed by atoms with E-state index in [1.165, 1.54) is 13.2 Å². The van der Waals surface area contributed by atoms with Crippen LogP contribution in [-0.2, 0) is 16.2 Å². The van der Waals surface area contributed by atoms with Gasteiger partial charge in [-0.2, -0.15) is 0 Å². The summed E-state index contributed by atoms with van der Waals surface area (Å²) in [4.78, 5) is 31.3. The minimum Gasteiger partial charge on any atom is -0.493 e. The molecule has 0 bridgehead atoms. The van der Waals surface area contributed by atoms with Gasteiger partial charge in [0.15, 0.2) is 23.0 Å². The molecule has 0 unspecified atom stereocenters. The van der Waals surface area contributed by atoms with Crippen molar-refractivity contribution in [2.75, 3.05) is 38.5 Å². The molecular formula is C37H45FN2O8. The van der Waals surface area contributed by atoms with Crippen LogP contribution < -0.4 is 23.8 Å². The van der Waals surface area contributed by atoms with Gasteiger partial charge in [-0.25, -0.2) is 4.39 Å². The van der Waals surface area contributed by atoms with Crippen LogP contribution in [0.3, 0.4) is 0 Å². The summed E-state index contributed by atoms with van der Waals surface area (Å²) >= 11 is 0. The van der Waals surface area contributed by atoms with Crippen LogP contribution in [0.4, 0.5) is 10.1 Å². The highest BCUT2D eigenvalue weighted by atomic mass is 19.1. The number of hydrogen-bond acceptors (Lipinski definition) is 8. The van der Waals surface area contributed by atoms with Crippen molar-refractivity contribution in [3.63, 3.8) is 0 Å². The van der Waals surface area contributed by atoms with Gasteiger partial charge in [0.05, 0.1) is 32.2 Å². The summed E-state index contributed by atoms with van der Waals surface area (Å²) < 4.78 is 37.2. The molecule has 1 saturated heterocycles. The average Bonchev–Trinajstić information content (AvgIpc) is 3.70. The van der Waals surface area contributed by atoms with Crippen molar-refractivity contribution in [1.29, 1.82) is 0 Å². The molecular weight excluding hydrogens is 619 g/mol. The van der Waals surface area contributed by atoms with Gasteiger partial charge in [-0.15, -0.1) is 0 Å². The number of carboxylic acid groups (broad SMARTS) is 1. The van der Waals surface area contributed by atoms with E-state index in [9.17, 15) is 24.2 Å². The molecule has 0 aromatic heterocycles. The third-order valence-electron chi connectivity index (χ3n) is 9.32. The van der Waals surface area contributed by atoms with Crippen LogP contribution in [0, 0.1) is 18.7 Å². The molecule has 258 valence electrons. The average molecular weight is 665 g/mol. The molecule has 0 saturated carbocycles. The Morgan fingerprint density at radius 2 is 1.79 bits per heavy atom. The lowest BCUT2D eigenvalue weighted by Gasteiger charge is -2.35. The van der Waals surface area contributed by atoms with Gasteiger partial charge < -0.3 is 34.1 Å². The number of ether oxygens (including phenoxy) is 4. The zero-order valence-corrected chi connectivity index (χ0v) is 28.0. The second kappa shape index (κ2) is 15.7. The molecule has 48 heavy (non-hydrogen) atoms. The Labute approximate surface area is 281 Å². The molecule has 1 amide bonds. The normalized spacial score (nSPS) is 18.7. The fraction of sp³-hybridized carbons (Fsp3) is 0.459. The van der Waals surface area contributed by atoms with Crippen LogP contribution in [0.1, 0.15) is 62.1 Å². The first kappa shape index (κ1) is 35.0. The largest absolute Gasteiger partial charge is 0.493 e. The lowest BCUT2D eigenvalue weighted by atomic mass is 9.84. The molecule has 0 spiro atoms. The monoisotopic (exact) mass is 664 g/mol. The summed E-state index contributed by atoms with van der Waals surface area (Å²) in [7, 11) is 1.53. The number of hydrogen-bond donors (Lipinski definition) is 2. The Hall–Kier alpha value is -4.35. The summed E-state index contributed by atoms with van der Waals surface area (Å²) in [6.45, 7) is 5.63. The number of aliphatic hydroxyl groups excluding tert-OH is 1. The van der Waals surface area contributed by atoms with E-state index >= 15 is 0 Å². The highest BCUT2D eigenvalue weighted by Gasteiger charge is 2.48. The van der Waals surface area contributed by atoms with Crippen molar-refractivity contribution in [2.24, 2.45) is 5.92 Å². The summed E-state index contributed by atoms with van der Waals surface area (Å²) in [6.07, 6.45) is 3.23. The SMILES string of the molecule is CCCC(CCC)N(C(=O)CN1C[C@H](c2cc(CO)c3c(c2)OCO3)[C@@H](C(=O)O)[C@@H]1COc1ccccc1OC)c1ccc(F)c(C)c1. The van der Waals surface area contributed by atoms with E-state index in [1.807, 2.05) is 11.0 Å². The first-order valence-electron chi connectivity index (χ1n) is 16.5. The number of nitrogens with zero attached hydrogens (tertiary/aromatic N) is 2. The number of aliphatic carboxylic acids is 1. The maximum absolute atomic E-state index is 14.5. The zero-order valence-electron chi connectivity index (χ0n) is 28.0. The topological polar surface area (TPSA) is 118 Å². The number of fused-ring (bicyclic) bond motifs is 1. The van der Waals surface area contributed by atoms with Gasteiger partial charge in [-0.3, -0.25) is 14.5 Å². The number of anilines is 1. The number of methoxy groups -OCH3 is 1. The Morgan fingerprint density at radius 3 is 2.44 bits per heavy atom. The molecule has 3 aromatic carbocycles. The zero-order chi connectivity index (χ0) is 34.4. The molecule has 11 heteroatoms. The summed E-state index contributed by atoms with van der Waals surface area (Å²) in [5.74, 6) is -1.28. The van der Waals surface area contributed by atoms with E-state index in [4.69, 9.17) is 18.9 Å². The molecule has 2 aliphatic rings. The summed E-state index contributed by atoms with van der Waals surface area (Å²) in [6, 6.07) is 14.5. The van der Waals surface area contributed by atoms with Crippen molar-refractivity contribution >= 4 is 17.6 Å². The van der Waals surface area contributed by atoms with Crippen LogP contribution >= 0.6 is 0 Å². The van der Waals surface area contributed by atoms with Crippen molar-refractivity contribution in [3.05, 3.63) is 77.1 Å². The number of para-hydroxylation sites is 2. The number of likely N-dealkylation sites (tertiary alicyclic amines) is 1. The number of carbonyl (C=O) groups excluding carboxylic acids is 1. The van der Waals surface area contributed by atoms with E-state index in [1.54, 1.807) is 54.3 Å². The molecule has 2 N–H and O–H groups in total. The van der Waals surface area contributed by atoms with Crippen molar-refractivity contribution < 1.29 is 43.1 Å². The minimum atomic E-state index is -1.03. The molecule has 10 nitrogen and oxygen atoms in total. The van der Waals surface area contributed by atoms with Gasteiger partial charge in [0.25, 0.3) is 0 Å². The number of halogens is 1. The number of benzene rings is 3. The Kier molecular flexibility index (Phi) is 11.4. The van der Waals surface area contributed by atoms with E-state index < -0.39 is 23.8 Å². The van der Waals surface area contributed by atoms with Gasteiger partial charge >= 0.3 is 5.97 Å². The fourth-order valence-electron chi connectivity index (χ4n) is 7.04. The van der Waals surface area contributed by atoms with Crippen LogP contribution in [0.2, 0.25) is 0 Å². The number of carbonyl (C=O) groups is 2. The number of aryl methyl sites for hydroxylation is 1. The Morgan fingerprint density at radius 1 is 1.06 bits per heavy atom. The molecule has 0 radical (unpaired) electrons. The van der Waals surface area contributed by atoms with Gasteiger partial charge in [0.2, 0.25) is 12.7 Å². The van der Waals surface area contributed by atoms with E-state index in [0.717, 1.165) is 25.7 Å². The maximum Gasteiger partial charge on any atom is 0.308 e. The second-order valence-electron chi connectivity index (χ2n) is 12.4. The molecule has 2 heterocycles. The van der Waals surface area contributed by atoms with E-state index in [2.05, 4.69) is 13.8 Å². The molecule has 3 atom stereocenters. The summed E-state index contributed by atoms with van der Waals surface area (Å²) in [5.41, 5.74) is 2.21. The Balaban J connectivity index is 1.53. The lowest BCUT2D eigenvalue weighted by Crippen LogP contribution is -2.49. The maximum atomic E-state index is 14.5. The van der Waals surface area contributed by atoms with Crippen LogP contribution in [0.15, 0.2) is 54.6 Å². The fourth-order valence-corrected chi connectivity index (χ4v) is 7.04. The van der Waals surface area contributed by atoms with Gasteiger partial charge in [0.1, 0.15) is 12.4 Å². The predicted octanol–water partition coefficient (Wildman–Crippen LogP) is 5.91. The molecule has 0 aliphatic carbocycles. The van der Waals surface area contributed by atoms with Gasteiger partial charge in [-0.05, 0) is 73.4 Å². The second-order valence-corrected chi connectivity index (χ2v) is 12.4. The molecule has 1 fully saturated rings. The van der Waals surface area contributed by atoms with E-state index in [0.29, 0.717) is 45.4 Å². The Bertz CT molecular complexity index is 1590. The minimum absolute atomic E-state index is 0.00416. The molecule has 3 aromatic rings. The van der Waals surface area contributed by atoms with Crippen molar-refractivity contribution in [1.82, 2.24) is 4.90 Å². The highest BCUT2D eigenvalue weighted by molar-refractivity contribution is 5.95. The smallest absolute Gasteiger partial charge is 0.308 e. The standard InChI is InChI=1S/C37H45FN2O8/c1-5-9-26(10-6-2)40(27-13-14-29(38)23(3)15-27)34(42)19-39-18-28(24-16-25(20-41)36-33(17-24)47-22-48-36)35(37(43)44)30(39)21-46-32-12-8-7-11-31(32)45-4/h7-8,11-17,26,28,30,35,41H,5-6,9-10,18-22H2,1-4H3,(H,43,44)/t28-,30+,35-/m1/s1. The molecule has 5 rings (SSSR count). The predicted molar refractivity (Wildman–Crippen MR) is 178 cm³/mol. The van der Waals surface area contributed by atoms with Crippen LogP contribution in [0.5, 0.6) is 23.0 Å². The highest BCUT2D eigenvalue weighted by Crippen LogP contribution is 2.44. The first-order chi connectivity index (χ1) is 23.2. The third-order valence-corrected chi connectivity index (χ3v) is 9.32. The van der Waals surface area contributed by atoms with Gasteiger partial charge in [0, 0.05) is 29.8 Å². The first-order valence-corrected chi connectivity index (χ1v) is 16.5. The van der Waals surface area contributed by atoms with Gasteiger partial charge in [-0.1, -0.05) is 38.8 Å². The third kappa shape index (κ3) is 7.37. The number of aliphatic hydroxyl groups is 1. The van der Waals surface area contributed by atoms with Crippen molar-refractivity contribution in [3.8, 4) is 23.0 Å². The van der Waals surface area contributed by atoms with Crippen LogP contribution in [0.25, 0.3) is 0 Å². The quantitative estimate of drug-likeness (QED) is 0.204. The van der Waals surface area contributed by atoms with Crippen LogP contribution in [-0.4, -0.2) is 72.7 Å². The number of rotatable bonds is 15. The number of amides is 1.